The summed E-state index contributed by atoms with van der Waals surface area (Å²) >= 11 is 12.9. The normalized spacial score (nSPS) is 31.4. The van der Waals surface area contributed by atoms with Crippen molar-refractivity contribution in [3.8, 4) is 0 Å². The van der Waals surface area contributed by atoms with Gasteiger partial charge < -0.3 is 35.8 Å². The average molecular weight is 586 g/mol. The number of nitrogens with one attached hydrogen (secondary N) is 2. The number of amides is 2. The van der Waals surface area contributed by atoms with E-state index in [2.05, 4.69) is 10.6 Å². The van der Waals surface area contributed by atoms with Crippen molar-refractivity contribution < 1.29 is 34.8 Å². The first-order chi connectivity index (χ1) is 18.2. The first-order valence-electron chi connectivity index (χ1n) is 12.3. The Labute approximate surface area is 234 Å². The average Bonchev–Trinajstić information content (AvgIpc) is 2.91. The van der Waals surface area contributed by atoms with Crippen LogP contribution in [0.4, 0.5) is 0 Å². The topological polar surface area (TPSA) is 148 Å². The zero-order valence-corrected chi connectivity index (χ0v) is 22.6. The van der Waals surface area contributed by atoms with Crippen LogP contribution in [-0.2, 0) is 4.74 Å². The molecule has 0 spiro atoms. The van der Waals surface area contributed by atoms with Gasteiger partial charge in [0.05, 0.1) is 24.8 Å². The Bertz CT molecular complexity index is 1110. The standard InChI is InChI=1S/C26H30Cl2N2O7S/c27-15-8-4-13(5-9-15)24(35)29-17-2-1-3-19(21(17)32)38-26-23(34)20(22(33)18(12-31)37-26)30-25(36)14-6-10-16(28)11-7-14/h4-11,17-23,26,31-34H,1-3,12H2,(H,29,35)(H,30,36)/t17-,18+,19+,20-,21+,22-,23+,26-/m0/s1. The Morgan fingerprint density at radius 2 is 1.39 bits per heavy atom. The molecule has 1 aliphatic heterocycles. The highest BCUT2D eigenvalue weighted by Crippen LogP contribution is 2.37. The number of hydrogen-bond donors (Lipinski definition) is 6. The van der Waals surface area contributed by atoms with E-state index in [1.807, 2.05) is 0 Å². The number of rotatable bonds is 7. The van der Waals surface area contributed by atoms with Crippen LogP contribution in [0.3, 0.4) is 0 Å². The molecule has 2 fully saturated rings. The lowest BCUT2D eigenvalue weighted by molar-refractivity contribution is -0.164. The molecule has 8 atom stereocenters. The fourth-order valence-electron chi connectivity index (χ4n) is 4.68. The smallest absolute Gasteiger partial charge is 0.251 e. The Morgan fingerprint density at radius 1 is 0.842 bits per heavy atom. The number of hydrogen-bond acceptors (Lipinski definition) is 8. The van der Waals surface area contributed by atoms with Crippen LogP contribution >= 0.6 is 35.0 Å². The molecule has 6 N–H and O–H groups in total. The molecule has 2 aliphatic rings. The van der Waals surface area contributed by atoms with Crippen molar-refractivity contribution in [2.24, 2.45) is 0 Å². The quantitative estimate of drug-likeness (QED) is 0.289. The van der Waals surface area contributed by atoms with Crippen molar-refractivity contribution in [2.75, 3.05) is 6.61 Å². The van der Waals surface area contributed by atoms with E-state index in [-0.39, 0.29) is 11.5 Å². The van der Waals surface area contributed by atoms with E-state index in [0.717, 1.165) is 11.8 Å². The van der Waals surface area contributed by atoms with Gasteiger partial charge in [-0.1, -0.05) is 29.6 Å². The number of benzene rings is 2. The highest BCUT2D eigenvalue weighted by molar-refractivity contribution is 8.00. The molecule has 9 nitrogen and oxygen atoms in total. The first-order valence-corrected chi connectivity index (χ1v) is 14.0. The molecule has 12 heteroatoms. The van der Waals surface area contributed by atoms with Gasteiger partial charge in [-0.3, -0.25) is 9.59 Å². The van der Waals surface area contributed by atoms with E-state index >= 15 is 0 Å². The molecule has 2 amide bonds. The molecule has 4 rings (SSSR count). The number of carbonyl (C=O) groups is 2. The summed E-state index contributed by atoms with van der Waals surface area (Å²) < 4.78 is 5.77. The third-order valence-electron chi connectivity index (χ3n) is 6.82. The highest BCUT2D eigenvalue weighted by atomic mass is 35.5. The van der Waals surface area contributed by atoms with Crippen LogP contribution in [0, 0.1) is 0 Å². The van der Waals surface area contributed by atoms with Crippen LogP contribution in [-0.4, -0.2) is 86.0 Å². The lowest BCUT2D eigenvalue weighted by Crippen LogP contribution is -2.64. The van der Waals surface area contributed by atoms with E-state index in [0.29, 0.717) is 34.9 Å². The Kier molecular flexibility index (Phi) is 9.94. The molecule has 1 heterocycles. The summed E-state index contributed by atoms with van der Waals surface area (Å²) in [5.41, 5.74) is -0.259. The van der Waals surface area contributed by atoms with Crippen LogP contribution in [0.15, 0.2) is 48.5 Å². The van der Waals surface area contributed by atoms with E-state index in [1.54, 1.807) is 36.4 Å². The second-order valence-corrected chi connectivity index (χ2v) is 11.6. The van der Waals surface area contributed by atoms with E-state index in [1.165, 1.54) is 12.1 Å². The highest BCUT2D eigenvalue weighted by Gasteiger charge is 2.47. The summed E-state index contributed by atoms with van der Waals surface area (Å²) in [5, 5.41) is 48.7. The van der Waals surface area contributed by atoms with Crippen molar-refractivity contribution in [3.63, 3.8) is 0 Å². The third kappa shape index (κ3) is 6.81. The summed E-state index contributed by atoms with van der Waals surface area (Å²) in [6.45, 7) is -0.536. The zero-order chi connectivity index (χ0) is 27.4. The van der Waals surface area contributed by atoms with Gasteiger partial charge in [0, 0.05) is 26.4 Å². The second kappa shape index (κ2) is 13.0. The minimum absolute atomic E-state index is 0.284. The molecule has 38 heavy (non-hydrogen) atoms. The van der Waals surface area contributed by atoms with E-state index < -0.39 is 59.7 Å². The maximum atomic E-state index is 12.8. The van der Waals surface area contributed by atoms with Gasteiger partial charge in [-0.25, -0.2) is 0 Å². The van der Waals surface area contributed by atoms with E-state index in [9.17, 15) is 30.0 Å². The van der Waals surface area contributed by atoms with Crippen LogP contribution in [0.5, 0.6) is 0 Å². The molecule has 0 unspecified atom stereocenters. The lowest BCUT2D eigenvalue weighted by atomic mass is 9.91. The maximum absolute atomic E-state index is 12.8. The van der Waals surface area contributed by atoms with E-state index in [4.69, 9.17) is 27.9 Å². The second-order valence-electron chi connectivity index (χ2n) is 9.40. The van der Waals surface area contributed by atoms with Gasteiger partial charge in [0.25, 0.3) is 11.8 Å². The number of aliphatic hydroxyl groups excluding tert-OH is 4. The monoisotopic (exact) mass is 584 g/mol. The molecule has 0 aromatic heterocycles. The van der Waals surface area contributed by atoms with Crippen molar-refractivity contribution in [1.29, 1.82) is 0 Å². The first kappa shape index (κ1) is 29.1. The summed E-state index contributed by atoms with van der Waals surface area (Å²) in [6.07, 6.45) is -2.83. The summed E-state index contributed by atoms with van der Waals surface area (Å²) in [4.78, 5) is 25.4. The minimum Gasteiger partial charge on any atom is -0.394 e. The molecule has 1 saturated carbocycles. The van der Waals surface area contributed by atoms with Gasteiger partial charge in [-0.05, 0) is 61.4 Å². The fraction of sp³-hybridized carbons (Fsp3) is 0.462. The Hall–Kier alpha value is -1.89. The molecular formula is C26H30Cl2N2O7S. The van der Waals surface area contributed by atoms with Gasteiger partial charge in [0.15, 0.2) is 0 Å². The Balaban J connectivity index is 1.42. The van der Waals surface area contributed by atoms with Gasteiger partial charge in [0.2, 0.25) is 0 Å². The Morgan fingerprint density at radius 3 is 1.95 bits per heavy atom. The molecule has 2 aromatic carbocycles. The van der Waals surface area contributed by atoms with Gasteiger partial charge in [0.1, 0.15) is 23.7 Å². The molecule has 206 valence electrons. The third-order valence-corrected chi connectivity index (χ3v) is 8.84. The maximum Gasteiger partial charge on any atom is 0.251 e. The van der Waals surface area contributed by atoms with Crippen molar-refractivity contribution in [2.45, 2.75) is 66.4 Å². The summed E-state index contributed by atoms with van der Waals surface area (Å²) in [7, 11) is 0. The van der Waals surface area contributed by atoms with Gasteiger partial charge >= 0.3 is 0 Å². The van der Waals surface area contributed by atoms with Crippen LogP contribution in [0.25, 0.3) is 0 Å². The van der Waals surface area contributed by atoms with Crippen molar-refractivity contribution >= 4 is 46.8 Å². The summed E-state index contributed by atoms with van der Waals surface area (Å²) in [6, 6.07) is 10.9. The molecule has 1 aliphatic carbocycles. The molecule has 0 bridgehead atoms. The van der Waals surface area contributed by atoms with Crippen LogP contribution < -0.4 is 10.6 Å². The van der Waals surface area contributed by atoms with Gasteiger partial charge in [-0.2, -0.15) is 0 Å². The van der Waals surface area contributed by atoms with Gasteiger partial charge in [-0.15, -0.1) is 11.8 Å². The SMILES string of the molecule is O=C(N[C@H]1[C@@H](O)[C@@H](CO)O[C@@H](S[C@@H]2CCC[C@H](NC(=O)c3ccc(Cl)cc3)[C@H]2O)[C@@H]1O)c1ccc(Cl)cc1. The van der Waals surface area contributed by atoms with Crippen LogP contribution in [0.2, 0.25) is 10.0 Å². The molecular weight excluding hydrogens is 555 g/mol. The number of carbonyl (C=O) groups excluding carboxylic acids is 2. The van der Waals surface area contributed by atoms with Crippen LogP contribution in [0.1, 0.15) is 40.0 Å². The van der Waals surface area contributed by atoms with Crippen molar-refractivity contribution in [3.05, 3.63) is 69.7 Å². The number of ether oxygens (including phenoxy) is 1. The lowest BCUT2D eigenvalue weighted by Gasteiger charge is -2.44. The minimum atomic E-state index is -1.37. The zero-order valence-electron chi connectivity index (χ0n) is 20.2. The fourth-order valence-corrected chi connectivity index (χ4v) is 6.46. The molecule has 0 radical (unpaired) electrons. The largest absolute Gasteiger partial charge is 0.394 e. The molecule has 2 aromatic rings. The number of aliphatic hydroxyl groups is 4. The number of halogens is 2. The summed E-state index contributed by atoms with van der Waals surface area (Å²) in [5.74, 6) is -0.867. The predicted octanol–water partition coefficient (Wildman–Crippen LogP) is 1.98. The molecule has 1 saturated heterocycles. The van der Waals surface area contributed by atoms with Crippen molar-refractivity contribution in [1.82, 2.24) is 10.6 Å². The predicted molar refractivity (Wildman–Crippen MR) is 144 cm³/mol. The number of thioether (sulfide) groups is 1.